The SMILES string of the molecule is NCc1nccc(NCCc2cccs2)n1. The molecule has 0 spiro atoms. The summed E-state index contributed by atoms with van der Waals surface area (Å²) in [6.07, 6.45) is 2.74. The van der Waals surface area contributed by atoms with Crippen LogP contribution in [0.3, 0.4) is 0 Å². The molecule has 2 heterocycles. The van der Waals surface area contributed by atoms with Crippen LogP contribution in [0.4, 0.5) is 5.82 Å². The van der Waals surface area contributed by atoms with Crippen molar-refractivity contribution in [1.82, 2.24) is 9.97 Å². The highest BCUT2D eigenvalue weighted by atomic mass is 32.1. The van der Waals surface area contributed by atoms with Crippen LogP contribution < -0.4 is 11.1 Å². The Kier molecular flexibility index (Phi) is 3.85. The third-order valence-corrected chi connectivity index (χ3v) is 3.08. The van der Waals surface area contributed by atoms with Crippen molar-refractivity contribution in [2.24, 2.45) is 5.73 Å². The first-order valence-electron chi connectivity index (χ1n) is 5.17. The van der Waals surface area contributed by atoms with Crippen LogP contribution in [-0.2, 0) is 13.0 Å². The lowest BCUT2D eigenvalue weighted by Gasteiger charge is -2.05. The largest absolute Gasteiger partial charge is 0.370 e. The van der Waals surface area contributed by atoms with Gasteiger partial charge in [0.2, 0.25) is 0 Å². The van der Waals surface area contributed by atoms with Gasteiger partial charge in [0.1, 0.15) is 11.6 Å². The van der Waals surface area contributed by atoms with Gasteiger partial charge >= 0.3 is 0 Å². The lowest BCUT2D eigenvalue weighted by molar-refractivity contribution is 0.902. The average Bonchev–Trinajstić information content (AvgIpc) is 2.82. The fourth-order valence-corrected chi connectivity index (χ4v) is 2.07. The number of nitrogens with one attached hydrogen (secondary N) is 1. The molecule has 0 aromatic carbocycles. The molecule has 0 unspecified atom stereocenters. The van der Waals surface area contributed by atoms with Gasteiger partial charge in [-0.3, -0.25) is 0 Å². The first-order valence-corrected chi connectivity index (χ1v) is 6.04. The number of rotatable bonds is 5. The summed E-state index contributed by atoms with van der Waals surface area (Å²) < 4.78 is 0. The van der Waals surface area contributed by atoms with Crippen LogP contribution >= 0.6 is 11.3 Å². The zero-order valence-electron chi connectivity index (χ0n) is 8.89. The Morgan fingerprint density at radius 2 is 2.31 bits per heavy atom. The minimum Gasteiger partial charge on any atom is -0.370 e. The van der Waals surface area contributed by atoms with E-state index in [4.69, 9.17) is 5.73 Å². The fourth-order valence-electron chi connectivity index (χ4n) is 1.36. The standard InChI is InChI=1S/C11H14N4S/c12-8-11-14-6-4-10(15-11)13-5-3-9-2-1-7-16-9/h1-2,4,6-7H,3,5,8,12H2,(H,13,14,15). The van der Waals surface area contributed by atoms with E-state index >= 15 is 0 Å². The Bertz CT molecular complexity index is 427. The molecule has 0 saturated carbocycles. The predicted octanol–water partition coefficient (Wildman–Crippen LogP) is 1.65. The highest BCUT2D eigenvalue weighted by Gasteiger charge is 1.97. The van der Waals surface area contributed by atoms with E-state index in [9.17, 15) is 0 Å². The number of hydrogen-bond donors (Lipinski definition) is 2. The monoisotopic (exact) mass is 234 g/mol. The van der Waals surface area contributed by atoms with Crippen molar-refractivity contribution in [3.63, 3.8) is 0 Å². The molecule has 4 nitrogen and oxygen atoms in total. The number of hydrogen-bond acceptors (Lipinski definition) is 5. The van der Waals surface area contributed by atoms with Crippen LogP contribution in [0.2, 0.25) is 0 Å². The van der Waals surface area contributed by atoms with Crippen LogP contribution in [0, 0.1) is 0 Å². The summed E-state index contributed by atoms with van der Waals surface area (Å²) >= 11 is 1.77. The molecular formula is C11H14N4S. The second-order valence-corrected chi connectivity index (χ2v) is 4.35. The van der Waals surface area contributed by atoms with Crippen LogP contribution in [0.15, 0.2) is 29.8 Å². The quantitative estimate of drug-likeness (QED) is 0.825. The predicted molar refractivity (Wildman–Crippen MR) is 66.4 cm³/mol. The van der Waals surface area contributed by atoms with E-state index in [1.165, 1.54) is 4.88 Å². The van der Waals surface area contributed by atoms with E-state index in [1.54, 1.807) is 17.5 Å². The van der Waals surface area contributed by atoms with E-state index in [0.29, 0.717) is 12.4 Å². The van der Waals surface area contributed by atoms with Crippen LogP contribution in [0.25, 0.3) is 0 Å². The maximum Gasteiger partial charge on any atom is 0.144 e. The Balaban J connectivity index is 1.85. The molecule has 0 aliphatic rings. The molecule has 84 valence electrons. The van der Waals surface area contributed by atoms with E-state index in [2.05, 4.69) is 32.8 Å². The molecule has 2 aromatic heterocycles. The highest BCUT2D eigenvalue weighted by molar-refractivity contribution is 7.09. The van der Waals surface area contributed by atoms with Gasteiger partial charge in [-0.1, -0.05) is 6.07 Å². The first-order chi connectivity index (χ1) is 7.88. The van der Waals surface area contributed by atoms with Gasteiger partial charge in [-0.15, -0.1) is 11.3 Å². The van der Waals surface area contributed by atoms with Gasteiger partial charge in [0.25, 0.3) is 0 Å². The van der Waals surface area contributed by atoms with Gasteiger partial charge in [0, 0.05) is 17.6 Å². The maximum absolute atomic E-state index is 5.47. The van der Waals surface area contributed by atoms with Gasteiger partial charge in [-0.05, 0) is 23.9 Å². The molecule has 0 amide bonds. The molecule has 0 atom stereocenters. The second kappa shape index (κ2) is 5.58. The molecule has 0 aliphatic heterocycles. The number of aromatic nitrogens is 2. The smallest absolute Gasteiger partial charge is 0.144 e. The number of nitrogens with two attached hydrogens (primary N) is 1. The zero-order valence-corrected chi connectivity index (χ0v) is 9.70. The van der Waals surface area contributed by atoms with Crippen LogP contribution in [-0.4, -0.2) is 16.5 Å². The minimum atomic E-state index is 0.375. The third-order valence-electron chi connectivity index (χ3n) is 2.15. The Hall–Kier alpha value is -1.46. The van der Waals surface area contributed by atoms with Gasteiger partial charge in [0.05, 0.1) is 6.54 Å². The van der Waals surface area contributed by atoms with Crippen molar-refractivity contribution in [2.45, 2.75) is 13.0 Å². The summed E-state index contributed by atoms with van der Waals surface area (Å²) in [6.45, 7) is 1.25. The van der Waals surface area contributed by atoms with Crippen molar-refractivity contribution < 1.29 is 0 Å². The van der Waals surface area contributed by atoms with Gasteiger partial charge in [0.15, 0.2) is 0 Å². The van der Waals surface area contributed by atoms with E-state index in [0.717, 1.165) is 18.8 Å². The molecule has 5 heteroatoms. The van der Waals surface area contributed by atoms with Crippen molar-refractivity contribution >= 4 is 17.2 Å². The molecule has 2 rings (SSSR count). The molecule has 0 bridgehead atoms. The Morgan fingerprint density at radius 1 is 1.38 bits per heavy atom. The minimum absolute atomic E-state index is 0.375. The van der Waals surface area contributed by atoms with Crippen LogP contribution in [0.5, 0.6) is 0 Å². The summed E-state index contributed by atoms with van der Waals surface area (Å²) in [6, 6.07) is 6.06. The topological polar surface area (TPSA) is 63.8 Å². The van der Waals surface area contributed by atoms with Gasteiger partial charge < -0.3 is 11.1 Å². The normalized spacial score (nSPS) is 10.3. The molecule has 3 N–H and O–H groups in total. The molecule has 0 aliphatic carbocycles. The molecule has 2 aromatic rings. The summed E-state index contributed by atoms with van der Waals surface area (Å²) in [5.41, 5.74) is 5.47. The van der Waals surface area contributed by atoms with Crippen molar-refractivity contribution in [2.75, 3.05) is 11.9 Å². The van der Waals surface area contributed by atoms with E-state index in [1.807, 2.05) is 6.07 Å². The van der Waals surface area contributed by atoms with Crippen molar-refractivity contribution in [1.29, 1.82) is 0 Å². The van der Waals surface area contributed by atoms with E-state index in [-0.39, 0.29) is 0 Å². The van der Waals surface area contributed by atoms with Gasteiger partial charge in [-0.25, -0.2) is 9.97 Å². The molecule has 0 radical (unpaired) electrons. The molecule has 0 saturated heterocycles. The number of thiophene rings is 1. The van der Waals surface area contributed by atoms with Crippen molar-refractivity contribution in [3.8, 4) is 0 Å². The third kappa shape index (κ3) is 3.01. The molecule has 16 heavy (non-hydrogen) atoms. The zero-order chi connectivity index (χ0) is 11.2. The molecule has 0 fully saturated rings. The maximum atomic E-state index is 5.47. The summed E-state index contributed by atoms with van der Waals surface area (Å²) in [5, 5.41) is 5.35. The highest BCUT2D eigenvalue weighted by Crippen LogP contribution is 2.09. The molecular weight excluding hydrogens is 220 g/mol. The summed E-state index contributed by atoms with van der Waals surface area (Å²) in [7, 11) is 0. The van der Waals surface area contributed by atoms with Crippen molar-refractivity contribution in [3.05, 3.63) is 40.5 Å². The fraction of sp³-hybridized carbons (Fsp3) is 0.273. The number of anilines is 1. The average molecular weight is 234 g/mol. The Labute approximate surface area is 98.6 Å². The lowest BCUT2D eigenvalue weighted by Crippen LogP contribution is -2.09. The van der Waals surface area contributed by atoms with E-state index < -0.39 is 0 Å². The lowest BCUT2D eigenvalue weighted by atomic mass is 10.3. The summed E-state index contributed by atoms with van der Waals surface area (Å²) in [4.78, 5) is 9.68. The first kappa shape index (κ1) is 11.0. The second-order valence-electron chi connectivity index (χ2n) is 3.32. The van der Waals surface area contributed by atoms with Crippen LogP contribution in [0.1, 0.15) is 10.7 Å². The summed E-state index contributed by atoms with van der Waals surface area (Å²) in [5.74, 6) is 1.51. The number of nitrogens with zero attached hydrogens (tertiary/aromatic N) is 2. The Morgan fingerprint density at radius 3 is 3.06 bits per heavy atom. The van der Waals surface area contributed by atoms with Gasteiger partial charge in [-0.2, -0.15) is 0 Å².